The highest BCUT2D eigenvalue weighted by molar-refractivity contribution is 7.14. The number of nitrogens with zero attached hydrogens (tertiary/aromatic N) is 2. The van der Waals surface area contributed by atoms with E-state index in [-0.39, 0.29) is 11.6 Å². The van der Waals surface area contributed by atoms with Crippen molar-refractivity contribution < 1.29 is 14.1 Å². The summed E-state index contributed by atoms with van der Waals surface area (Å²) in [5.74, 6) is -0.776. The van der Waals surface area contributed by atoms with Gasteiger partial charge in [-0.05, 0) is 43.9 Å². The van der Waals surface area contributed by atoms with Crippen molar-refractivity contribution in [2.75, 3.05) is 0 Å². The first-order valence-corrected chi connectivity index (χ1v) is 10.5. The smallest absolute Gasteiger partial charge is 0.279 e. The van der Waals surface area contributed by atoms with Crippen LogP contribution in [0.25, 0.3) is 22.4 Å². The summed E-state index contributed by atoms with van der Waals surface area (Å²) >= 11 is 1.49. The molecule has 0 aliphatic heterocycles. The van der Waals surface area contributed by atoms with Gasteiger partial charge in [0.1, 0.15) is 0 Å². The molecule has 2 N–H and O–H groups in total. The van der Waals surface area contributed by atoms with Crippen molar-refractivity contribution in [2.45, 2.75) is 26.2 Å². The minimum Gasteiger partial charge on any atom is -0.335 e. The van der Waals surface area contributed by atoms with Gasteiger partial charge >= 0.3 is 0 Å². The van der Waals surface area contributed by atoms with Crippen LogP contribution in [-0.4, -0.2) is 22.0 Å². The molecular formula is C22H18N4O3S. The first-order valence-electron chi connectivity index (χ1n) is 9.65. The molecule has 3 aromatic heterocycles. The highest BCUT2D eigenvalue weighted by Crippen LogP contribution is 2.30. The van der Waals surface area contributed by atoms with Crippen LogP contribution in [0.1, 0.15) is 42.6 Å². The van der Waals surface area contributed by atoms with Gasteiger partial charge in [-0.2, -0.15) is 0 Å². The van der Waals surface area contributed by atoms with Crippen molar-refractivity contribution in [3.8, 4) is 11.3 Å². The largest absolute Gasteiger partial charge is 0.335 e. The number of amides is 2. The summed E-state index contributed by atoms with van der Waals surface area (Å²) in [6.45, 7) is 1.75. The number of hydrogen-bond acceptors (Lipinski definition) is 6. The standard InChI is InChI=1S/C22H18N4O3S/c1-12-19-15(11-16(23-22(19)29-26-12)13-6-3-2-4-7-13)20(27)24-25-21(28)18-10-14-8-5-9-17(14)30-18/h2-4,6-7,10-11H,5,8-9H2,1H3,(H,24,27)(H,25,28). The topological polar surface area (TPSA) is 97.1 Å². The summed E-state index contributed by atoms with van der Waals surface area (Å²) in [4.78, 5) is 31.8. The molecule has 0 bridgehead atoms. The Morgan fingerprint density at radius 1 is 1.07 bits per heavy atom. The van der Waals surface area contributed by atoms with Crippen molar-refractivity contribution in [2.24, 2.45) is 0 Å². The zero-order chi connectivity index (χ0) is 20.7. The Hall–Kier alpha value is -3.52. The molecule has 0 fully saturated rings. The predicted octanol–water partition coefficient (Wildman–Crippen LogP) is 3.82. The summed E-state index contributed by atoms with van der Waals surface area (Å²) in [5, 5.41) is 4.47. The lowest BCUT2D eigenvalue weighted by Gasteiger charge is -2.09. The quantitative estimate of drug-likeness (QED) is 0.493. The molecule has 0 atom stereocenters. The van der Waals surface area contributed by atoms with Crippen molar-refractivity contribution in [1.29, 1.82) is 0 Å². The molecule has 150 valence electrons. The van der Waals surface area contributed by atoms with Gasteiger partial charge in [-0.1, -0.05) is 35.5 Å². The molecule has 8 heteroatoms. The van der Waals surface area contributed by atoms with E-state index in [1.807, 2.05) is 36.4 Å². The fourth-order valence-electron chi connectivity index (χ4n) is 3.71. The van der Waals surface area contributed by atoms with Gasteiger partial charge in [0.15, 0.2) is 0 Å². The zero-order valence-electron chi connectivity index (χ0n) is 16.2. The number of nitrogens with one attached hydrogen (secondary N) is 2. The lowest BCUT2D eigenvalue weighted by atomic mass is 10.1. The summed E-state index contributed by atoms with van der Waals surface area (Å²) in [5.41, 5.74) is 8.89. The van der Waals surface area contributed by atoms with Gasteiger partial charge in [0, 0.05) is 10.4 Å². The van der Waals surface area contributed by atoms with Crippen molar-refractivity contribution >= 4 is 34.3 Å². The van der Waals surface area contributed by atoms with Crippen LogP contribution in [0.3, 0.4) is 0 Å². The predicted molar refractivity (Wildman–Crippen MR) is 113 cm³/mol. The molecule has 0 saturated carbocycles. The Morgan fingerprint density at radius 3 is 2.67 bits per heavy atom. The van der Waals surface area contributed by atoms with Crippen LogP contribution >= 0.6 is 11.3 Å². The average molecular weight is 418 g/mol. The van der Waals surface area contributed by atoms with Crippen molar-refractivity contribution in [1.82, 2.24) is 21.0 Å². The highest BCUT2D eigenvalue weighted by Gasteiger charge is 2.21. The van der Waals surface area contributed by atoms with E-state index < -0.39 is 5.91 Å². The highest BCUT2D eigenvalue weighted by atomic mass is 32.1. The maximum atomic E-state index is 12.9. The number of aromatic nitrogens is 2. The van der Waals surface area contributed by atoms with Crippen LogP contribution in [0.5, 0.6) is 0 Å². The normalized spacial score (nSPS) is 12.7. The van der Waals surface area contributed by atoms with Crippen LogP contribution < -0.4 is 10.9 Å². The van der Waals surface area contributed by atoms with Gasteiger partial charge in [0.25, 0.3) is 17.5 Å². The van der Waals surface area contributed by atoms with E-state index in [2.05, 4.69) is 21.0 Å². The fraction of sp³-hybridized carbons (Fsp3) is 0.182. The fourth-order valence-corrected chi connectivity index (χ4v) is 4.86. The Bertz CT molecular complexity index is 1260. The first kappa shape index (κ1) is 18.5. The van der Waals surface area contributed by atoms with Crippen LogP contribution in [0, 0.1) is 6.92 Å². The molecule has 1 aromatic carbocycles. The lowest BCUT2D eigenvalue weighted by Crippen LogP contribution is -2.41. The van der Waals surface area contributed by atoms with Crippen LogP contribution in [0.15, 0.2) is 47.0 Å². The lowest BCUT2D eigenvalue weighted by molar-refractivity contribution is 0.0849. The molecule has 30 heavy (non-hydrogen) atoms. The number of fused-ring (bicyclic) bond motifs is 2. The molecule has 4 aromatic rings. The van der Waals surface area contributed by atoms with Gasteiger partial charge < -0.3 is 4.52 Å². The number of thiophene rings is 1. The molecule has 1 aliphatic rings. The first-order chi connectivity index (χ1) is 14.6. The molecule has 2 amide bonds. The average Bonchev–Trinajstić information content (AvgIpc) is 3.47. The summed E-state index contributed by atoms with van der Waals surface area (Å²) in [7, 11) is 0. The third kappa shape index (κ3) is 3.25. The van der Waals surface area contributed by atoms with E-state index in [4.69, 9.17) is 4.52 Å². The molecule has 0 spiro atoms. The SMILES string of the molecule is Cc1noc2nc(-c3ccccc3)cc(C(=O)NNC(=O)c3cc4c(s3)CCC4)c12. The summed E-state index contributed by atoms with van der Waals surface area (Å²) in [6.07, 6.45) is 3.17. The molecule has 7 nitrogen and oxygen atoms in total. The second-order valence-electron chi connectivity index (χ2n) is 7.19. The van der Waals surface area contributed by atoms with Crippen LogP contribution in [0.2, 0.25) is 0 Å². The molecular weight excluding hydrogens is 400 g/mol. The minimum absolute atomic E-state index is 0.278. The number of rotatable bonds is 3. The number of aryl methyl sites for hydroxylation is 3. The second kappa shape index (κ2) is 7.38. The van der Waals surface area contributed by atoms with E-state index in [0.717, 1.165) is 24.8 Å². The molecule has 0 saturated heterocycles. The maximum Gasteiger partial charge on any atom is 0.279 e. The number of carbonyl (C=O) groups excluding carboxylic acids is 2. The van der Waals surface area contributed by atoms with Crippen molar-refractivity contribution in [3.63, 3.8) is 0 Å². The van der Waals surface area contributed by atoms with E-state index in [1.165, 1.54) is 21.8 Å². The number of hydrazine groups is 1. The van der Waals surface area contributed by atoms with E-state index in [0.29, 0.717) is 27.2 Å². The Labute approximate surface area is 176 Å². The van der Waals surface area contributed by atoms with Gasteiger partial charge in [0.05, 0.1) is 27.2 Å². The van der Waals surface area contributed by atoms with E-state index in [9.17, 15) is 9.59 Å². The van der Waals surface area contributed by atoms with Gasteiger partial charge in [-0.25, -0.2) is 4.98 Å². The van der Waals surface area contributed by atoms with Crippen LogP contribution in [0.4, 0.5) is 0 Å². The molecule has 5 rings (SSSR count). The van der Waals surface area contributed by atoms with E-state index >= 15 is 0 Å². The number of carbonyl (C=O) groups is 2. The number of hydrogen-bond donors (Lipinski definition) is 2. The van der Waals surface area contributed by atoms with Crippen molar-refractivity contribution in [3.05, 3.63) is 69.0 Å². The molecule has 3 heterocycles. The van der Waals surface area contributed by atoms with Gasteiger partial charge in [0.2, 0.25) is 0 Å². The molecule has 0 unspecified atom stereocenters. The number of benzene rings is 1. The van der Waals surface area contributed by atoms with Crippen LogP contribution in [-0.2, 0) is 12.8 Å². The minimum atomic E-state index is -0.455. The third-order valence-corrected chi connectivity index (χ3v) is 6.43. The molecule has 0 radical (unpaired) electrons. The number of pyridine rings is 1. The van der Waals surface area contributed by atoms with Gasteiger partial charge in [-0.3, -0.25) is 20.4 Å². The Kier molecular flexibility index (Phi) is 4.55. The molecule has 1 aliphatic carbocycles. The maximum absolute atomic E-state index is 12.9. The monoisotopic (exact) mass is 418 g/mol. The zero-order valence-corrected chi connectivity index (χ0v) is 17.0. The Balaban J connectivity index is 1.42. The third-order valence-electron chi connectivity index (χ3n) is 5.19. The van der Waals surface area contributed by atoms with Gasteiger partial charge in [-0.15, -0.1) is 11.3 Å². The summed E-state index contributed by atoms with van der Waals surface area (Å²) in [6, 6.07) is 13.1. The second-order valence-corrected chi connectivity index (χ2v) is 8.33. The summed E-state index contributed by atoms with van der Waals surface area (Å²) < 4.78 is 5.30. The van der Waals surface area contributed by atoms with E-state index in [1.54, 1.807) is 13.0 Å². The Morgan fingerprint density at radius 2 is 1.87 bits per heavy atom.